The molecule has 0 radical (unpaired) electrons. The van der Waals surface area contributed by atoms with Gasteiger partial charge in [-0.3, -0.25) is 9.59 Å². The lowest BCUT2D eigenvalue weighted by molar-refractivity contribution is -0.122. The van der Waals surface area contributed by atoms with Gasteiger partial charge in [0.25, 0.3) is 0 Å². The Hall–Kier alpha value is -1.15. The fourth-order valence-corrected chi connectivity index (χ4v) is 2.29. The number of carbonyl (C=O) groups excluding carboxylic acids is 2. The molecule has 1 atom stereocenters. The Bertz CT molecular complexity index is 426. The summed E-state index contributed by atoms with van der Waals surface area (Å²) in [7, 11) is 0. The molecule has 3 heteroatoms. The van der Waals surface area contributed by atoms with Crippen molar-refractivity contribution in [1.82, 2.24) is 0 Å². The first-order valence-electron chi connectivity index (χ1n) is 5.51. The quantitative estimate of drug-likeness (QED) is 0.583. The lowest BCUT2D eigenvalue weighted by Crippen LogP contribution is -2.27. The highest BCUT2D eigenvalue weighted by atomic mass is 35.5. The van der Waals surface area contributed by atoms with Gasteiger partial charge < -0.3 is 0 Å². The number of benzene rings is 1. The molecule has 1 unspecified atom stereocenters. The van der Waals surface area contributed by atoms with Crippen LogP contribution in [0, 0.1) is 5.92 Å². The summed E-state index contributed by atoms with van der Waals surface area (Å²) in [4.78, 5) is 23.7. The van der Waals surface area contributed by atoms with E-state index in [0.717, 1.165) is 12.8 Å². The molecule has 1 aromatic rings. The Morgan fingerprint density at radius 3 is 2.81 bits per heavy atom. The average molecular weight is 237 g/mol. The molecule has 0 spiro atoms. The Labute approximate surface area is 99.6 Å². The second-order valence-electron chi connectivity index (χ2n) is 4.14. The van der Waals surface area contributed by atoms with E-state index in [4.69, 9.17) is 11.6 Å². The first kappa shape index (κ1) is 11.3. The second-order valence-corrected chi connectivity index (χ2v) is 4.58. The van der Waals surface area contributed by atoms with E-state index >= 15 is 0 Å². The van der Waals surface area contributed by atoms with Gasteiger partial charge in [-0.2, -0.15) is 0 Å². The van der Waals surface area contributed by atoms with E-state index in [1.807, 2.05) is 0 Å². The highest BCUT2D eigenvalue weighted by Crippen LogP contribution is 2.25. The average Bonchev–Trinajstić information content (AvgIpc) is 2.29. The van der Waals surface area contributed by atoms with Gasteiger partial charge in [0.05, 0.1) is 5.92 Å². The van der Waals surface area contributed by atoms with Crippen LogP contribution in [0.4, 0.5) is 0 Å². The van der Waals surface area contributed by atoms with Crippen molar-refractivity contribution in [1.29, 1.82) is 0 Å². The molecule has 1 aliphatic carbocycles. The largest absolute Gasteiger partial charge is 0.299 e. The van der Waals surface area contributed by atoms with Crippen molar-refractivity contribution in [3.63, 3.8) is 0 Å². The molecule has 1 saturated carbocycles. The minimum Gasteiger partial charge on any atom is -0.299 e. The molecule has 2 nitrogen and oxygen atoms in total. The maximum absolute atomic E-state index is 12.1. The molecule has 84 valence electrons. The maximum atomic E-state index is 12.1. The molecule has 1 aromatic carbocycles. The lowest BCUT2D eigenvalue weighted by Gasteiger charge is -2.19. The third-order valence-electron chi connectivity index (χ3n) is 2.98. The highest BCUT2D eigenvalue weighted by molar-refractivity contribution is 6.31. The summed E-state index contributed by atoms with van der Waals surface area (Å²) >= 11 is 5.83. The van der Waals surface area contributed by atoms with Crippen LogP contribution >= 0.6 is 11.6 Å². The molecule has 2 rings (SSSR count). The molecule has 0 amide bonds. The molecule has 0 N–H and O–H groups in total. The van der Waals surface area contributed by atoms with Gasteiger partial charge in [-0.15, -0.1) is 0 Å². The summed E-state index contributed by atoms with van der Waals surface area (Å²) in [6, 6.07) is 6.81. The molecular formula is C13H13ClO2. The summed E-state index contributed by atoms with van der Waals surface area (Å²) < 4.78 is 0. The van der Waals surface area contributed by atoms with Crippen molar-refractivity contribution in [2.45, 2.75) is 25.7 Å². The molecule has 0 heterocycles. The van der Waals surface area contributed by atoms with Crippen LogP contribution in [0.5, 0.6) is 0 Å². The fourth-order valence-electron chi connectivity index (χ4n) is 2.10. The van der Waals surface area contributed by atoms with Crippen LogP contribution in [0.25, 0.3) is 0 Å². The Kier molecular flexibility index (Phi) is 3.39. The zero-order chi connectivity index (χ0) is 11.5. The number of hydrogen-bond donors (Lipinski definition) is 0. The topological polar surface area (TPSA) is 34.1 Å². The summed E-state index contributed by atoms with van der Waals surface area (Å²) in [5, 5.41) is 0.536. The first-order valence-corrected chi connectivity index (χ1v) is 5.89. The molecule has 1 fully saturated rings. The molecule has 0 aliphatic heterocycles. The summed E-state index contributed by atoms with van der Waals surface area (Å²) in [5.74, 6) is -0.435. The number of halogens is 1. The molecule has 0 aromatic heterocycles. The fraction of sp³-hybridized carbons (Fsp3) is 0.385. The zero-order valence-electron chi connectivity index (χ0n) is 8.91. The van der Waals surface area contributed by atoms with Crippen LogP contribution in [0.3, 0.4) is 0 Å². The normalized spacial score (nSPS) is 20.8. The molecular weight excluding hydrogens is 224 g/mol. The standard InChI is InChI=1S/C13H13ClO2/c14-10-5-3-4-9(8-10)13(16)11-6-1-2-7-12(11)15/h3-5,8,11H,1-2,6-7H2. The van der Waals surface area contributed by atoms with E-state index in [0.29, 0.717) is 23.4 Å². The predicted octanol–water partition coefficient (Wildman–Crippen LogP) is 3.28. The van der Waals surface area contributed by atoms with Crippen LogP contribution < -0.4 is 0 Å². The van der Waals surface area contributed by atoms with E-state index in [2.05, 4.69) is 0 Å². The van der Waals surface area contributed by atoms with Crippen LogP contribution in [-0.4, -0.2) is 11.6 Å². The highest BCUT2D eigenvalue weighted by Gasteiger charge is 2.29. The van der Waals surface area contributed by atoms with Gasteiger partial charge in [0.15, 0.2) is 5.78 Å². The Balaban J connectivity index is 2.21. The predicted molar refractivity (Wildman–Crippen MR) is 62.7 cm³/mol. The molecule has 16 heavy (non-hydrogen) atoms. The van der Waals surface area contributed by atoms with Crippen molar-refractivity contribution in [2.24, 2.45) is 5.92 Å². The minimum atomic E-state index is -0.438. The van der Waals surface area contributed by atoms with Crippen molar-refractivity contribution in [3.8, 4) is 0 Å². The van der Waals surface area contributed by atoms with Gasteiger partial charge in [0.2, 0.25) is 0 Å². The zero-order valence-corrected chi connectivity index (χ0v) is 9.67. The van der Waals surface area contributed by atoms with Crippen LogP contribution in [0.2, 0.25) is 5.02 Å². The number of rotatable bonds is 2. The van der Waals surface area contributed by atoms with E-state index in [9.17, 15) is 9.59 Å². The monoisotopic (exact) mass is 236 g/mol. The Morgan fingerprint density at radius 2 is 2.12 bits per heavy atom. The molecule has 1 aliphatic rings. The van der Waals surface area contributed by atoms with Gasteiger partial charge in [-0.25, -0.2) is 0 Å². The van der Waals surface area contributed by atoms with Gasteiger partial charge >= 0.3 is 0 Å². The first-order chi connectivity index (χ1) is 7.68. The van der Waals surface area contributed by atoms with Gasteiger partial charge in [-0.1, -0.05) is 30.2 Å². The van der Waals surface area contributed by atoms with E-state index in [1.54, 1.807) is 24.3 Å². The van der Waals surface area contributed by atoms with Crippen LogP contribution in [0.15, 0.2) is 24.3 Å². The third kappa shape index (κ3) is 2.33. The van der Waals surface area contributed by atoms with Crippen LogP contribution in [-0.2, 0) is 4.79 Å². The number of carbonyl (C=O) groups is 2. The van der Waals surface area contributed by atoms with Gasteiger partial charge in [0.1, 0.15) is 5.78 Å². The SMILES string of the molecule is O=C1CCCCC1C(=O)c1cccc(Cl)c1. The van der Waals surface area contributed by atoms with Crippen LogP contribution in [0.1, 0.15) is 36.0 Å². The van der Waals surface area contributed by atoms with Crippen molar-refractivity contribution < 1.29 is 9.59 Å². The number of ketones is 2. The number of Topliss-reactive ketones (excluding diaryl/α,β-unsaturated/α-hetero) is 2. The third-order valence-corrected chi connectivity index (χ3v) is 3.22. The summed E-state index contributed by atoms with van der Waals surface area (Å²) in [6.07, 6.45) is 3.10. The smallest absolute Gasteiger partial charge is 0.173 e. The van der Waals surface area contributed by atoms with Gasteiger partial charge in [-0.05, 0) is 25.0 Å². The molecule has 0 bridgehead atoms. The van der Waals surface area contributed by atoms with E-state index < -0.39 is 5.92 Å². The second kappa shape index (κ2) is 4.79. The van der Waals surface area contributed by atoms with E-state index in [1.165, 1.54) is 0 Å². The Morgan fingerprint density at radius 1 is 1.31 bits per heavy atom. The van der Waals surface area contributed by atoms with Crippen molar-refractivity contribution >= 4 is 23.2 Å². The number of hydrogen-bond acceptors (Lipinski definition) is 2. The molecule has 0 saturated heterocycles. The maximum Gasteiger partial charge on any atom is 0.173 e. The summed E-state index contributed by atoms with van der Waals surface area (Å²) in [5.41, 5.74) is 0.549. The van der Waals surface area contributed by atoms with Crippen molar-refractivity contribution in [3.05, 3.63) is 34.9 Å². The summed E-state index contributed by atoms with van der Waals surface area (Å²) in [6.45, 7) is 0. The van der Waals surface area contributed by atoms with Crippen molar-refractivity contribution in [2.75, 3.05) is 0 Å². The van der Waals surface area contributed by atoms with Gasteiger partial charge in [0, 0.05) is 17.0 Å². The lowest BCUT2D eigenvalue weighted by atomic mass is 9.83. The minimum absolute atomic E-state index is 0.0767. The van der Waals surface area contributed by atoms with E-state index in [-0.39, 0.29) is 11.6 Å².